The molecule has 1 aliphatic carbocycles. The van der Waals surface area contributed by atoms with Crippen molar-refractivity contribution in [3.05, 3.63) is 11.6 Å². The summed E-state index contributed by atoms with van der Waals surface area (Å²) in [7, 11) is 1.74. The second kappa shape index (κ2) is 5.08. The quantitative estimate of drug-likeness (QED) is 0.738. The molecule has 2 aromatic heterocycles. The summed E-state index contributed by atoms with van der Waals surface area (Å²) in [6, 6.07) is -0.178. The van der Waals surface area contributed by atoms with Crippen LogP contribution < -0.4 is 5.32 Å². The van der Waals surface area contributed by atoms with Crippen LogP contribution >= 0.6 is 11.6 Å². The van der Waals surface area contributed by atoms with Crippen LogP contribution in [0.25, 0.3) is 11.2 Å². The normalized spacial score (nSPS) is 29.2. The molecule has 0 amide bonds. The molecule has 1 fully saturated rings. The monoisotopic (exact) mass is 311 g/mol. The van der Waals surface area contributed by atoms with Crippen LogP contribution in [0.15, 0.2) is 6.33 Å². The van der Waals surface area contributed by atoms with Gasteiger partial charge < -0.3 is 20.1 Å². The van der Waals surface area contributed by atoms with E-state index in [0.717, 1.165) is 0 Å². The van der Waals surface area contributed by atoms with Gasteiger partial charge in [0.25, 0.3) is 0 Å². The van der Waals surface area contributed by atoms with Gasteiger partial charge in [0.1, 0.15) is 0 Å². The Kier molecular flexibility index (Phi) is 3.51. The number of nitrogens with one attached hydrogen (secondary N) is 1. The molecule has 0 saturated heterocycles. The molecule has 7 nitrogen and oxygen atoms in total. The van der Waals surface area contributed by atoms with E-state index in [9.17, 15) is 10.2 Å². The Bertz CT molecular complexity index is 676. The number of aliphatic hydroxyl groups is 2. The second-order valence-corrected chi connectivity index (χ2v) is 6.27. The lowest BCUT2D eigenvalue weighted by atomic mass is 9.90. The maximum absolute atomic E-state index is 10.3. The van der Waals surface area contributed by atoms with Crippen molar-refractivity contribution >= 4 is 28.6 Å². The van der Waals surface area contributed by atoms with Gasteiger partial charge in [0.05, 0.1) is 18.5 Å². The zero-order valence-corrected chi connectivity index (χ0v) is 12.7. The Morgan fingerprint density at radius 1 is 1.48 bits per heavy atom. The van der Waals surface area contributed by atoms with E-state index in [1.807, 2.05) is 11.5 Å². The van der Waals surface area contributed by atoms with Gasteiger partial charge in [0, 0.05) is 13.7 Å². The summed E-state index contributed by atoms with van der Waals surface area (Å²) < 4.78 is 1.83. The predicted octanol–water partition coefficient (Wildman–Crippen LogP) is 1.22. The summed E-state index contributed by atoms with van der Waals surface area (Å²) in [5.74, 6) is 0.557. The molecule has 3 rings (SSSR count). The molecule has 0 aliphatic heterocycles. The Labute approximate surface area is 127 Å². The molecule has 1 aliphatic rings. The predicted molar refractivity (Wildman–Crippen MR) is 79.4 cm³/mol. The van der Waals surface area contributed by atoms with Gasteiger partial charge in [-0.15, -0.1) is 0 Å². The van der Waals surface area contributed by atoms with Crippen LogP contribution in [0.4, 0.5) is 5.82 Å². The molecule has 1 saturated carbocycles. The number of fused-ring (bicyclic) bond motifs is 1. The van der Waals surface area contributed by atoms with Crippen molar-refractivity contribution < 1.29 is 10.2 Å². The summed E-state index contributed by atoms with van der Waals surface area (Å²) in [5, 5.41) is 22.9. The first kappa shape index (κ1) is 14.5. The van der Waals surface area contributed by atoms with Crippen LogP contribution in [0, 0.1) is 5.41 Å². The molecule has 0 spiro atoms. The Morgan fingerprint density at radius 2 is 2.24 bits per heavy atom. The summed E-state index contributed by atoms with van der Waals surface area (Å²) in [6.07, 6.45) is 2.30. The zero-order chi connectivity index (χ0) is 15.2. The third-order valence-electron chi connectivity index (χ3n) is 4.22. The van der Waals surface area contributed by atoms with Crippen molar-refractivity contribution in [1.29, 1.82) is 0 Å². The minimum atomic E-state index is -0.550. The first-order valence-corrected chi connectivity index (χ1v) is 7.22. The van der Waals surface area contributed by atoms with Crippen LogP contribution in [0.1, 0.15) is 25.8 Å². The van der Waals surface area contributed by atoms with Crippen molar-refractivity contribution in [2.24, 2.45) is 5.41 Å². The number of anilines is 1. The topological polar surface area (TPSA) is 96.1 Å². The first-order chi connectivity index (χ1) is 9.97. The maximum Gasteiger partial charge on any atom is 0.226 e. The van der Waals surface area contributed by atoms with E-state index in [2.05, 4.69) is 20.3 Å². The van der Waals surface area contributed by atoms with E-state index < -0.39 is 6.10 Å². The van der Waals surface area contributed by atoms with Crippen molar-refractivity contribution in [2.45, 2.75) is 31.9 Å². The number of hydrogen-bond donors (Lipinski definition) is 3. The number of aliphatic hydroxyl groups excluding tert-OH is 2. The highest BCUT2D eigenvalue weighted by Gasteiger charge is 2.42. The standard InChI is InChI=1S/C13H18ClN5O2/c1-13(5-20)3-7(8(21)4-13)19-6-16-9-10(15-2)17-12(14)18-11(9)19/h6-8,20-21H,3-5H2,1-2H3,(H,15,17,18)/t7-,8-,13+/m1/s1. The zero-order valence-electron chi connectivity index (χ0n) is 11.9. The highest BCUT2D eigenvalue weighted by molar-refractivity contribution is 6.28. The van der Waals surface area contributed by atoms with Crippen LogP contribution in [0.3, 0.4) is 0 Å². The number of hydrogen-bond acceptors (Lipinski definition) is 6. The van der Waals surface area contributed by atoms with E-state index in [0.29, 0.717) is 29.8 Å². The molecule has 21 heavy (non-hydrogen) atoms. The largest absolute Gasteiger partial charge is 0.396 e. The van der Waals surface area contributed by atoms with E-state index in [1.165, 1.54) is 0 Å². The van der Waals surface area contributed by atoms with E-state index in [4.69, 9.17) is 11.6 Å². The molecule has 2 aromatic rings. The van der Waals surface area contributed by atoms with Crippen molar-refractivity contribution in [3.8, 4) is 0 Å². The summed E-state index contributed by atoms with van der Waals surface area (Å²) >= 11 is 5.95. The van der Waals surface area contributed by atoms with Gasteiger partial charge in [-0.2, -0.15) is 9.97 Å². The average molecular weight is 312 g/mol. The third-order valence-corrected chi connectivity index (χ3v) is 4.39. The molecule has 2 heterocycles. The maximum atomic E-state index is 10.3. The van der Waals surface area contributed by atoms with Gasteiger partial charge in [-0.25, -0.2) is 4.98 Å². The molecular formula is C13H18ClN5O2. The molecule has 0 aromatic carbocycles. The molecule has 0 unspecified atom stereocenters. The number of halogens is 1. The molecular weight excluding hydrogens is 294 g/mol. The molecule has 3 atom stereocenters. The van der Waals surface area contributed by atoms with Gasteiger partial charge in [-0.1, -0.05) is 6.92 Å². The molecule has 3 N–H and O–H groups in total. The Morgan fingerprint density at radius 3 is 2.86 bits per heavy atom. The average Bonchev–Trinajstić information content (AvgIpc) is 2.99. The van der Waals surface area contributed by atoms with Gasteiger partial charge in [-0.05, 0) is 29.9 Å². The van der Waals surface area contributed by atoms with Crippen LogP contribution in [-0.2, 0) is 0 Å². The van der Waals surface area contributed by atoms with E-state index >= 15 is 0 Å². The second-order valence-electron chi connectivity index (χ2n) is 5.93. The fourth-order valence-corrected chi connectivity index (χ4v) is 3.25. The number of aromatic nitrogens is 4. The summed E-state index contributed by atoms with van der Waals surface area (Å²) in [5.41, 5.74) is 0.917. The number of nitrogens with zero attached hydrogens (tertiary/aromatic N) is 4. The Hall–Kier alpha value is -1.44. The molecule has 114 valence electrons. The lowest BCUT2D eigenvalue weighted by Crippen LogP contribution is -2.18. The lowest BCUT2D eigenvalue weighted by molar-refractivity contribution is 0.110. The van der Waals surface area contributed by atoms with E-state index in [-0.39, 0.29) is 23.3 Å². The highest BCUT2D eigenvalue weighted by Crippen LogP contribution is 2.44. The molecule has 0 radical (unpaired) electrons. The van der Waals surface area contributed by atoms with Gasteiger partial charge in [-0.3, -0.25) is 0 Å². The number of rotatable bonds is 3. The van der Waals surface area contributed by atoms with Crippen LogP contribution in [-0.4, -0.2) is 49.5 Å². The highest BCUT2D eigenvalue weighted by atomic mass is 35.5. The Balaban J connectivity index is 2.08. The fraction of sp³-hybridized carbons (Fsp3) is 0.615. The fourth-order valence-electron chi connectivity index (χ4n) is 3.09. The number of imidazole rings is 1. The third kappa shape index (κ3) is 2.35. The minimum absolute atomic E-state index is 0.0463. The van der Waals surface area contributed by atoms with Gasteiger partial charge in [0.15, 0.2) is 17.0 Å². The lowest BCUT2D eigenvalue weighted by Gasteiger charge is -2.20. The van der Waals surface area contributed by atoms with E-state index in [1.54, 1.807) is 13.4 Å². The summed E-state index contributed by atoms with van der Waals surface area (Å²) in [6.45, 7) is 2.01. The van der Waals surface area contributed by atoms with Gasteiger partial charge >= 0.3 is 0 Å². The van der Waals surface area contributed by atoms with Crippen molar-refractivity contribution in [1.82, 2.24) is 19.5 Å². The van der Waals surface area contributed by atoms with Crippen molar-refractivity contribution in [3.63, 3.8) is 0 Å². The van der Waals surface area contributed by atoms with Crippen LogP contribution in [0.5, 0.6) is 0 Å². The van der Waals surface area contributed by atoms with Crippen molar-refractivity contribution in [2.75, 3.05) is 19.0 Å². The SMILES string of the molecule is CNc1nc(Cl)nc2c1ncn2[C@@H]1C[C@](C)(CO)C[C@H]1O. The van der Waals surface area contributed by atoms with Crippen LogP contribution in [0.2, 0.25) is 5.28 Å². The summed E-state index contributed by atoms with van der Waals surface area (Å²) in [4.78, 5) is 12.7. The smallest absolute Gasteiger partial charge is 0.226 e. The van der Waals surface area contributed by atoms with Gasteiger partial charge in [0.2, 0.25) is 5.28 Å². The molecule has 8 heteroatoms. The first-order valence-electron chi connectivity index (χ1n) is 6.84. The molecule has 0 bridgehead atoms. The minimum Gasteiger partial charge on any atom is -0.396 e.